The van der Waals surface area contributed by atoms with Gasteiger partial charge in [-0.05, 0) is 39.5 Å². The molecule has 0 aromatic heterocycles. The second kappa shape index (κ2) is 6.38. The van der Waals surface area contributed by atoms with E-state index in [1.807, 2.05) is 20.8 Å². The first-order valence-electron chi connectivity index (χ1n) is 6.32. The summed E-state index contributed by atoms with van der Waals surface area (Å²) in [6.07, 6.45) is 3.90. The maximum absolute atomic E-state index is 11.8. The van der Waals surface area contributed by atoms with E-state index >= 15 is 0 Å². The molecule has 1 saturated carbocycles. The molecule has 0 aliphatic heterocycles. The Morgan fingerprint density at radius 3 is 2.59 bits per heavy atom. The Morgan fingerprint density at radius 1 is 1.47 bits per heavy atom. The van der Waals surface area contributed by atoms with E-state index in [1.54, 1.807) is 0 Å². The van der Waals surface area contributed by atoms with Crippen LogP contribution in [-0.4, -0.2) is 33.8 Å². The zero-order valence-electron chi connectivity index (χ0n) is 11.2. The van der Waals surface area contributed by atoms with E-state index in [2.05, 4.69) is 10.3 Å². The average molecular weight is 259 g/mol. The molecule has 0 saturated heterocycles. The highest BCUT2D eigenvalue weighted by Gasteiger charge is 2.19. The van der Waals surface area contributed by atoms with Crippen molar-refractivity contribution in [1.29, 1.82) is 0 Å². The molecular formula is C12H25N3OS. The van der Waals surface area contributed by atoms with Gasteiger partial charge in [0.2, 0.25) is 0 Å². The second-order valence-corrected chi connectivity index (χ2v) is 7.94. The van der Waals surface area contributed by atoms with Gasteiger partial charge in [-0.15, -0.1) is 0 Å². The molecule has 0 amide bonds. The van der Waals surface area contributed by atoms with Crippen LogP contribution in [0.2, 0.25) is 0 Å². The van der Waals surface area contributed by atoms with Gasteiger partial charge >= 0.3 is 0 Å². The number of aliphatic imine (C=N–C) groups is 1. The minimum Gasteiger partial charge on any atom is -0.370 e. The van der Waals surface area contributed by atoms with E-state index in [0.29, 0.717) is 18.3 Å². The highest BCUT2D eigenvalue weighted by Crippen LogP contribution is 2.26. The fourth-order valence-electron chi connectivity index (χ4n) is 1.54. The standard InChI is InChI=1S/C12H25N3OS/c1-12(2,3)17(16)8-7-14-11(13)15-9-10-5-4-6-10/h10H,4-9H2,1-3H3,(H3,13,14,15). The monoisotopic (exact) mass is 259 g/mol. The number of rotatable bonds is 5. The number of guanidine groups is 1. The molecule has 5 heteroatoms. The third kappa shape index (κ3) is 5.52. The molecule has 17 heavy (non-hydrogen) atoms. The van der Waals surface area contributed by atoms with E-state index < -0.39 is 10.8 Å². The van der Waals surface area contributed by atoms with Gasteiger partial charge in [0.1, 0.15) is 0 Å². The van der Waals surface area contributed by atoms with Crippen LogP contribution in [0, 0.1) is 5.92 Å². The Hall–Kier alpha value is -0.580. The largest absolute Gasteiger partial charge is 0.370 e. The number of hydrogen-bond acceptors (Lipinski definition) is 2. The lowest BCUT2D eigenvalue weighted by Crippen LogP contribution is -2.37. The number of nitrogens with one attached hydrogen (secondary N) is 1. The highest BCUT2D eigenvalue weighted by atomic mass is 32.2. The van der Waals surface area contributed by atoms with Gasteiger partial charge in [0.05, 0.1) is 0 Å². The van der Waals surface area contributed by atoms with Crippen molar-refractivity contribution in [3.8, 4) is 0 Å². The predicted molar refractivity (Wildman–Crippen MR) is 74.6 cm³/mol. The topological polar surface area (TPSA) is 67.5 Å². The van der Waals surface area contributed by atoms with Gasteiger partial charge in [-0.3, -0.25) is 9.20 Å². The van der Waals surface area contributed by atoms with Crippen LogP contribution in [0.4, 0.5) is 0 Å². The Labute approximate surface area is 107 Å². The Kier molecular flexibility index (Phi) is 5.43. The third-order valence-corrected chi connectivity index (χ3v) is 4.96. The van der Waals surface area contributed by atoms with Gasteiger partial charge in [-0.1, -0.05) is 6.42 Å². The molecule has 0 radical (unpaired) electrons. The first-order chi connectivity index (χ1) is 7.89. The van der Waals surface area contributed by atoms with E-state index in [4.69, 9.17) is 5.73 Å². The van der Waals surface area contributed by atoms with Crippen LogP contribution in [0.15, 0.2) is 4.99 Å². The van der Waals surface area contributed by atoms with Crippen molar-refractivity contribution in [1.82, 2.24) is 5.32 Å². The molecule has 1 aliphatic carbocycles. The molecule has 0 heterocycles. The summed E-state index contributed by atoms with van der Waals surface area (Å²) in [5.74, 6) is 1.84. The highest BCUT2D eigenvalue weighted by molar-refractivity contribution is 7.86. The van der Waals surface area contributed by atoms with Gasteiger partial charge in [0, 0.05) is 34.4 Å². The van der Waals surface area contributed by atoms with E-state index in [1.165, 1.54) is 19.3 Å². The molecule has 100 valence electrons. The first kappa shape index (κ1) is 14.5. The Morgan fingerprint density at radius 2 is 2.12 bits per heavy atom. The molecule has 1 fully saturated rings. The van der Waals surface area contributed by atoms with Crippen molar-refractivity contribution in [2.24, 2.45) is 16.6 Å². The SMILES string of the molecule is CC(C)(C)S(=O)CCNC(N)=NCC1CCC1. The van der Waals surface area contributed by atoms with Crippen molar-refractivity contribution < 1.29 is 4.21 Å². The fourth-order valence-corrected chi connectivity index (χ4v) is 2.44. The lowest BCUT2D eigenvalue weighted by molar-refractivity contribution is 0.326. The molecule has 1 aliphatic rings. The van der Waals surface area contributed by atoms with Crippen molar-refractivity contribution in [2.75, 3.05) is 18.8 Å². The van der Waals surface area contributed by atoms with Crippen LogP contribution >= 0.6 is 0 Å². The number of hydrogen-bond donors (Lipinski definition) is 2. The van der Waals surface area contributed by atoms with Crippen molar-refractivity contribution in [3.05, 3.63) is 0 Å². The van der Waals surface area contributed by atoms with Crippen LogP contribution < -0.4 is 11.1 Å². The summed E-state index contributed by atoms with van der Waals surface area (Å²) in [7, 11) is -0.830. The van der Waals surface area contributed by atoms with Crippen LogP contribution in [0.5, 0.6) is 0 Å². The summed E-state index contributed by atoms with van der Waals surface area (Å²) in [5.41, 5.74) is 5.74. The molecule has 0 bridgehead atoms. The van der Waals surface area contributed by atoms with Gasteiger partial charge in [-0.2, -0.15) is 0 Å². The smallest absolute Gasteiger partial charge is 0.188 e. The molecule has 1 atom stereocenters. The third-order valence-electron chi connectivity index (χ3n) is 3.02. The molecule has 0 aromatic carbocycles. The maximum Gasteiger partial charge on any atom is 0.188 e. The average Bonchev–Trinajstić information content (AvgIpc) is 2.13. The van der Waals surface area contributed by atoms with Gasteiger partial charge < -0.3 is 11.1 Å². The predicted octanol–water partition coefficient (Wildman–Crippen LogP) is 1.24. The summed E-state index contributed by atoms with van der Waals surface area (Å²) in [5, 5.41) is 3.02. The normalized spacial score (nSPS) is 19.8. The maximum atomic E-state index is 11.8. The van der Waals surface area contributed by atoms with Crippen LogP contribution in [-0.2, 0) is 10.8 Å². The quantitative estimate of drug-likeness (QED) is 0.576. The molecule has 0 spiro atoms. The lowest BCUT2D eigenvalue weighted by Gasteiger charge is -2.23. The van der Waals surface area contributed by atoms with Gasteiger partial charge in [0.25, 0.3) is 0 Å². The van der Waals surface area contributed by atoms with Gasteiger partial charge in [0.15, 0.2) is 5.96 Å². The zero-order valence-corrected chi connectivity index (χ0v) is 12.0. The summed E-state index contributed by atoms with van der Waals surface area (Å²) in [6, 6.07) is 0. The molecule has 4 nitrogen and oxygen atoms in total. The van der Waals surface area contributed by atoms with Crippen LogP contribution in [0.1, 0.15) is 40.0 Å². The number of nitrogens with zero attached hydrogens (tertiary/aromatic N) is 1. The first-order valence-corrected chi connectivity index (χ1v) is 7.64. The molecule has 0 aromatic rings. The second-order valence-electron chi connectivity index (χ2n) is 5.61. The minimum atomic E-state index is -0.830. The van der Waals surface area contributed by atoms with E-state index in [9.17, 15) is 4.21 Å². The lowest BCUT2D eigenvalue weighted by atomic mass is 9.86. The molecule has 1 unspecified atom stereocenters. The molecule has 3 N–H and O–H groups in total. The van der Waals surface area contributed by atoms with Crippen LogP contribution in [0.3, 0.4) is 0 Å². The summed E-state index contributed by atoms with van der Waals surface area (Å²) in [6.45, 7) is 7.41. The van der Waals surface area contributed by atoms with E-state index in [0.717, 1.165) is 12.5 Å². The molecular weight excluding hydrogens is 234 g/mol. The van der Waals surface area contributed by atoms with Crippen molar-refractivity contribution in [3.63, 3.8) is 0 Å². The van der Waals surface area contributed by atoms with Crippen molar-refractivity contribution >= 4 is 16.8 Å². The Balaban J connectivity index is 2.14. The summed E-state index contributed by atoms with van der Waals surface area (Å²) in [4.78, 5) is 4.29. The summed E-state index contributed by atoms with van der Waals surface area (Å²) >= 11 is 0. The minimum absolute atomic E-state index is 0.153. The fraction of sp³-hybridized carbons (Fsp3) is 0.917. The van der Waals surface area contributed by atoms with Crippen LogP contribution in [0.25, 0.3) is 0 Å². The zero-order chi connectivity index (χ0) is 12.9. The summed E-state index contributed by atoms with van der Waals surface area (Å²) < 4.78 is 11.6. The van der Waals surface area contributed by atoms with Crippen molar-refractivity contribution in [2.45, 2.75) is 44.8 Å². The number of nitrogens with two attached hydrogens (primary N) is 1. The Bertz CT molecular complexity index is 293. The van der Waals surface area contributed by atoms with Gasteiger partial charge in [-0.25, -0.2) is 0 Å². The van der Waals surface area contributed by atoms with E-state index in [-0.39, 0.29) is 4.75 Å². The molecule has 1 rings (SSSR count).